The van der Waals surface area contributed by atoms with Crippen LogP contribution in [0.3, 0.4) is 0 Å². The quantitative estimate of drug-likeness (QED) is 0.619. The smallest absolute Gasteiger partial charge is 0.228 e. The number of amides is 1. The van der Waals surface area contributed by atoms with Crippen LogP contribution in [0.1, 0.15) is 25.8 Å². The molecule has 0 aliphatic carbocycles. The molecule has 1 aromatic carbocycles. The molecule has 134 valence electrons. The van der Waals surface area contributed by atoms with Gasteiger partial charge >= 0.3 is 0 Å². The third kappa shape index (κ3) is 3.72. The number of allylic oxidation sites excluding steroid dienone is 1. The number of benzene rings is 1. The first-order chi connectivity index (χ1) is 12.5. The van der Waals surface area contributed by atoms with Gasteiger partial charge in [0.25, 0.3) is 0 Å². The fourth-order valence-corrected chi connectivity index (χ4v) is 3.00. The minimum absolute atomic E-state index is 0.0739. The lowest BCUT2D eigenvalue weighted by Gasteiger charge is -2.12. The second kappa shape index (κ2) is 7.35. The molecule has 5 N–H and O–H groups in total. The van der Waals surface area contributed by atoms with Gasteiger partial charge in [-0.15, -0.1) is 0 Å². The number of anilines is 2. The standard InChI is InChI=1S/C19H22N6O/c1-11(20)14(12(2)21)7-8-22-19-23-10-13-9-17(26)24-16-6-4-3-5-15(16)18(13)25-19/h3-6,10,20H,7-9,21H2,1-2H3,(H,24,26)(H,22,23,25)/b14-12-,20-11?. The fraction of sp³-hybridized carbons (Fsp3) is 0.263. The van der Waals surface area contributed by atoms with Crippen molar-refractivity contribution in [2.75, 3.05) is 17.2 Å². The molecule has 1 aliphatic rings. The molecule has 1 aliphatic heterocycles. The van der Waals surface area contributed by atoms with E-state index in [1.54, 1.807) is 20.0 Å². The number of carbonyl (C=O) groups excluding carboxylic acids is 1. The first-order valence-electron chi connectivity index (χ1n) is 8.45. The minimum atomic E-state index is -0.0739. The van der Waals surface area contributed by atoms with Crippen LogP contribution in [-0.4, -0.2) is 28.1 Å². The molecule has 0 atom stereocenters. The number of fused-ring (bicyclic) bond motifs is 3. The second-order valence-corrected chi connectivity index (χ2v) is 6.30. The summed E-state index contributed by atoms with van der Waals surface area (Å²) < 4.78 is 0. The number of nitrogens with zero attached hydrogens (tertiary/aromatic N) is 2. The molecule has 0 spiro atoms. The van der Waals surface area contributed by atoms with Gasteiger partial charge in [-0.25, -0.2) is 9.97 Å². The molecule has 0 saturated carbocycles. The number of para-hydroxylation sites is 1. The summed E-state index contributed by atoms with van der Waals surface area (Å²) in [6, 6.07) is 7.61. The molecule has 0 saturated heterocycles. The average molecular weight is 350 g/mol. The fourth-order valence-electron chi connectivity index (χ4n) is 3.00. The van der Waals surface area contributed by atoms with Gasteiger partial charge in [0.15, 0.2) is 0 Å². The lowest BCUT2D eigenvalue weighted by molar-refractivity contribution is -0.115. The summed E-state index contributed by atoms with van der Waals surface area (Å²) in [5.41, 5.74) is 11.0. The van der Waals surface area contributed by atoms with Gasteiger partial charge in [0.2, 0.25) is 11.9 Å². The van der Waals surface area contributed by atoms with Crippen LogP contribution >= 0.6 is 0 Å². The summed E-state index contributed by atoms with van der Waals surface area (Å²) >= 11 is 0. The van der Waals surface area contributed by atoms with Crippen molar-refractivity contribution >= 4 is 23.3 Å². The number of aromatic nitrogens is 2. The average Bonchev–Trinajstić information content (AvgIpc) is 2.73. The number of nitrogens with one attached hydrogen (secondary N) is 3. The van der Waals surface area contributed by atoms with Crippen molar-refractivity contribution in [1.29, 1.82) is 5.41 Å². The highest BCUT2D eigenvalue weighted by atomic mass is 16.1. The molecule has 1 aromatic heterocycles. The van der Waals surface area contributed by atoms with Crippen LogP contribution in [0.2, 0.25) is 0 Å². The van der Waals surface area contributed by atoms with Crippen LogP contribution in [0.25, 0.3) is 11.3 Å². The molecule has 0 bridgehead atoms. The van der Waals surface area contributed by atoms with Gasteiger partial charge in [-0.2, -0.15) is 0 Å². The summed E-state index contributed by atoms with van der Waals surface area (Å²) in [7, 11) is 0. The van der Waals surface area contributed by atoms with E-state index in [1.807, 2.05) is 24.3 Å². The molecule has 0 fully saturated rings. The maximum Gasteiger partial charge on any atom is 0.228 e. The number of rotatable bonds is 5. The number of hydrogen-bond acceptors (Lipinski definition) is 6. The summed E-state index contributed by atoms with van der Waals surface area (Å²) in [5.74, 6) is 0.416. The molecule has 26 heavy (non-hydrogen) atoms. The van der Waals surface area contributed by atoms with Crippen LogP contribution in [0, 0.1) is 5.41 Å². The van der Waals surface area contributed by atoms with Gasteiger partial charge in [0.05, 0.1) is 17.8 Å². The first-order valence-corrected chi connectivity index (χ1v) is 8.45. The van der Waals surface area contributed by atoms with E-state index in [-0.39, 0.29) is 12.3 Å². The molecule has 7 nitrogen and oxygen atoms in total. The summed E-state index contributed by atoms with van der Waals surface area (Å²) in [6.07, 6.45) is 2.56. The van der Waals surface area contributed by atoms with Gasteiger partial charge in [0, 0.05) is 35.3 Å². The zero-order valence-electron chi connectivity index (χ0n) is 14.9. The zero-order valence-corrected chi connectivity index (χ0v) is 14.9. The molecule has 3 rings (SSSR count). The van der Waals surface area contributed by atoms with E-state index in [1.165, 1.54) is 0 Å². The summed E-state index contributed by atoms with van der Waals surface area (Å²) in [6.45, 7) is 4.09. The highest BCUT2D eigenvalue weighted by molar-refractivity contribution is 6.00. The third-order valence-electron chi connectivity index (χ3n) is 4.26. The molecule has 2 heterocycles. The van der Waals surface area contributed by atoms with Gasteiger partial charge in [-0.3, -0.25) is 4.79 Å². The second-order valence-electron chi connectivity index (χ2n) is 6.30. The minimum Gasteiger partial charge on any atom is -0.402 e. The molecule has 1 amide bonds. The van der Waals surface area contributed by atoms with Crippen LogP contribution < -0.4 is 16.4 Å². The van der Waals surface area contributed by atoms with E-state index in [0.717, 1.165) is 28.1 Å². The Bertz CT molecular complexity index is 899. The van der Waals surface area contributed by atoms with E-state index in [9.17, 15) is 4.79 Å². The highest BCUT2D eigenvalue weighted by Crippen LogP contribution is 2.32. The Balaban J connectivity index is 1.84. The molecule has 0 radical (unpaired) electrons. The SMILES string of the molecule is CC(=N)/C(CCNc1ncc2c(n1)-c1ccccc1NC(=O)C2)=C(/C)N. The normalized spacial score (nSPS) is 13.7. The van der Waals surface area contributed by atoms with Gasteiger partial charge < -0.3 is 21.8 Å². The van der Waals surface area contributed by atoms with E-state index in [0.29, 0.717) is 30.3 Å². The van der Waals surface area contributed by atoms with Crippen molar-refractivity contribution in [3.63, 3.8) is 0 Å². The lowest BCUT2D eigenvalue weighted by atomic mass is 10.1. The maximum absolute atomic E-state index is 12.0. The maximum atomic E-state index is 12.0. The Morgan fingerprint density at radius 3 is 2.85 bits per heavy atom. The molecule has 0 unspecified atom stereocenters. The molecular formula is C19H22N6O. The summed E-state index contributed by atoms with van der Waals surface area (Å²) in [4.78, 5) is 21.0. The molecular weight excluding hydrogens is 328 g/mol. The Kier molecular flexibility index (Phi) is 4.97. The zero-order chi connectivity index (χ0) is 18.7. The van der Waals surface area contributed by atoms with Crippen molar-refractivity contribution in [3.05, 3.63) is 47.3 Å². The van der Waals surface area contributed by atoms with E-state index in [4.69, 9.17) is 11.1 Å². The Labute approximate surface area is 152 Å². The largest absolute Gasteiger partial charge is 0.402 e. The predicted molar refractivity (Wildman–Crippen MR) is 103 cm³/mol. The van der Waals surface area contributed by atoms with Crippen LogP contribution in [0.5, 0.6) is 0 Å². The predicted octanol–water partition coefficient (Wildman–Crippen LogP) is 2.71. The number of hydrogen-bond donors (Lipinski definition) is 4. The molecule has 2 aromatic rings. The third-order valence-corrected chi connectivity index (χ3v) is 4.26. The highest BCUT2D eigenvalue weighted by Gasteiger charge is 2.20. The van der Waals surface area contributed by atoms with Gasteiger partial charge in [-0.05, 0) is 31.9 Å². The molecule has 7 heteroatoms. The first kappa shape index (κ1) is 17.6. The van der Waals surface area contributed by atoms with Gasteiger partial charge in [-0.1, -0.05) is 18.2 Å². The van der Waals surface area contributed by atoms with Gasteiger partial charge in [0.1, 0.15) is 0 Å². The van der Waals surface area contributed by atoms with Crippen molar-refractivity contribution in [1.82, 2.24) is 9.97 Å². The summed E-state index contributed by atoms with van der Waals surface area (Å²) in [5, 5.41) is 13.9. The number of nitrogens with two attached hydrogens (primary N) is 1. The van der Waals surface area contributed by atoms with E-state index >= 15 is 0 Å². The number of carbonyl (C=O) groups is 1. The monoisotopic (exact) mass is 350 g/mol. The van der Waals surface area contributed by atoms with Crippen molar-refractivity contribution in [3.8, 4) is 11.3 Å². The Hall–Kier alpha value is -3.22. The Morgan fingerprint density at radius 1 is 1.35 bits per heavy atom. The van der Waals surface area contributed by atoms with Crippen molar-refractivity contribution in [2.45, 2.75) is 26.7 Å². The van der Waals surface area contributed by atoms with Crippen molar-refractivity contribution in [2.24, 2.45) is 5.73 Å². The van der Waals surface area contributed by atoms with Crippen LogP contribution in [0.15, 0.2) is 41.7 Å². The Morgan fingerprint density at radius 2 is 2.12 bits per heavy atom. The van der Waals surface area contributed by atoms with Crippen LogP contribution in [0.4, 0.5) is 11.6 Å². The van der Waals surface area contributed by atoms with Crippen molar-refractivity contribution < 1.29 is 4.79 Å². The topological polar surface area (TPSA) is 117 Å². The lowest BCUT2D eigenvalue weighted by Crippen LogP contribution is -2.14. The van der Waals surface area contributed by atoms with Crippen LogP contribution in [-0.2, 0) is 11.2 Å². The van der Waals surface area contributed by atoms with E-state index < -0.39 is 0 Å². The van der Waals surface area contributed by atoms with E-state index in [2.05, 4.69) is 20.6 Å².